The van der Waals surface area contributed by atoms with Crippen LogP contribution in [0.15, 0.2) is 0 Å². The fourth-order valence-corrected chi connectivity index (χ4v) is 7.37. The smallest absolute Gasteiger partial charge is 0.156 e. The van der Waals surface area contributed by atoms with Crippen molar-refractivity contribution in [2.24, 2.45) is 35.3 Å². The highest BCUT2D eigenvalue weighted by molar-refractivity contribution is 5.87. The summed E-state index contributed by atoms with van der Waals surface area (Å²) in [6.45, 7) is 4.71. The number of piperidine rings is 2. The standard InChI is InChI=1S/C23H40FN5O2/c1-12-17-9-14(24)5-6-15(17)20-16(4-3-7-26-20)22(30)21-18(11-29(2)28-21)13-8-19(31-12)23(25)27-10-13/h12-21,23,26-28H,3-11,25H2,1-2H3/t12?,13-,14?,15?,16?,17?,18?,19?,20?,21?,23?/m0/s1. The number of hydrogen-bond acceptors (Lipinski definition) is 7. The molecule has 0 aromatic rings. The van der Waals surface area contributed by atoms with Gasteiger partial charge in [-0.15, -0.1) is 0 Å². The molecule has 4 aliphatic heterocycles. The molecule has 4 heterocycles. The maximum absolute atomic E-state index is 14.5. The Labute approximate surface area is 185 Å². The third-order valence-electron chi connectivity index (χ3n) is 8.95. The van der Waals surface area contributed by atoms with E-state index in [1.54, 1.807) is 0 Å². The molecule has 0 aromatic carbocycles. The Balaban J connectivity index is 1.51. The van der Waals surface area contributed by atoms with Crippen molar-refractivity contribution in [3.63, 3.8) is 0 Å². The third-order valence-corrected chi connectivity index (χ3v) is 8.95. The number of alkyl halides is 1. The molecule has 1 saturated carbocycles. The van der Waals surface area contributed by atoms with Crippen LogP contribution < -0.4 is 21.8 Å². The average molecular weight is 438 g/mol. The molecule has 0 aromatic heterocycles. The number of ether oxygens (including phenoxy) is 1. The maximum atomic E-state index is 14.5. The number of halogens is 1. The Morgan fingerprint density at radius 1 is 1.13 bits per heavy atom. The third kappa shape index (κ3) is 4.20. The maximum Gasteiger partial charge on any atom is 0.156 e. The van der Waals surface area contributed by atoms with Crippen molar-refractivity contribution < 1.29 is 13.9 Å². The molecule has 5 fully saturated rings. The minimum absolute atomic E-state index is 0.00913. The van der Waals surface area contributed by atoms with Crippen molar-refractivity contribution in [2.45, 2.75) is 82.1 Å². The van der Waals surface area contributed by atoms with Crippen LogP contribution in [0.5, 0.6) is 0 Å². The number of nitrogens with zero attached hydrogens (tertiary/aromatic N) is 1. The van der Waals surface area contributed by atoms with E-state index >= 15 is 0 Å². The van der Waals surface area contributed by atoms with Crippen LogP contribution in [-0.2, 0) is 9.53 Å². The lowest BCUT2D eigenvalue weighted by Crippen LogP contribution is -2.61. The Morgan fingerprint density at radius 3 is 2.81 bits per heavy atom. The molecule has 5 N–H and O–H groups in total. The van der Waals surface area contributed by atoms with E-state index in [0.717, 1.165) is 45.3 Å². The largest absolute Gasteiger partial charge is 0.372 e. The summed E-state index contributed by atoms with van der Waals surface area (Å²) in [5, 5.41) is 9.24. The van der Waals surface area contributed by atoms with Gasteiger partial charge in [-0.3, -0.25) is 10.1 Å². The summed E-state index contributed by atoms with van der Waals surface area (Å²) >= 11 is 0. The molecule has 176 valence electrons. The fraction of sp³-hybridized carbons (Fsp3) is 0.957. The Morgan fingerprint density at radius 2 is 1.97 bits per heavy atom. The zero-order chi connectivity index (χ0) is 21.7. The fourth-order valence-electron chi connectivity index (χ4n) is 7.37. The van der Waals surface area contributed by atoms with E-state index in [4.69, 9.17) is 10.5 Å². The summed E-state index contributed by atoms with van der Waals surface area (Å²) < 4.78 is 21.1. The first-order valence-corrected chi connectivity index (χ1v) is 12.4. The summed E-state index contributed by atoms with van der Waals surface area (Å²) in [5.41, 5.74) is 9.90. The first-order valence-electron chi connectivity index (χ1n) is 12.4. The van der Waals surface area contributed by atoms with Crippen LogP contribution in [0, 0.1) is 29.6 Å². The molecule has 31 heavy (non-hydrogen) atoms. The molecule has 5 aliphatic rings. The van der Waals surface area contributed by atoms with Crippen molar-refractivity contribution in [3.8, 4) is 0 Å². The highest BCUT2D eigenvalue weighted by atomic mass is 19.1. The molecule has 11 atom stereocenters. The summed E-state index contributed by atoms with van der Waals surface area (Å²) in [6, 6.07) is -0.0452. The molecule has 1 aliphatic carbocycles. The number of fused-ring (bicyclic) bond motifs is 7. The molecule has 0 radical (unpaired) electrons. The van der Waals surface area contributed by atoms with E-state index in [2.05, 4.69) is 28.0 Å². The van der Waals surface area contributed by atoms with Gasteiger partial charge >= 0.3 is 0 Å². The van der Waals surface area contributed by atoms with Gasteiger partial charge in [0.2, 0.25) is 0 Å². The number of nitrogens with two attached hydrogens (primary N) is 1. The summed E-state index contributed by atoms with van der Waals surface area (Å²) in [7, 11) is 2.03. The zero-order valence-electron chi connectivity index (χ0n) is 18.9. The van der Waals surface area contributed by atoms with E-state index in [1.165, 1.54) is 0 Å². The second-order valence-electron chi connectivity index (χ2n) is 10.8. The summed E-state index contributed by atoms with van der Waals surface area (Å²) in [5.74, 6) is 1.29. The van der Waals surface area contributed by atoms with Crippen LogP contribution in [0.1, 0.15) is 45.4 Å². The number of carbonyl (C=O) groups excluding carboxylic acids is 1. The molecule has 2 bridgehead atoms. The van der Waals surface area contributed by atoms with Crippen molar-refractivity contribution >= 4 is 5.78 Å². The van der Waals surface area contributed by atoms with E-state index in [9.17, 15) is 9.18 Å². The number of nitrogens with one attached hydrogen (secondary N) is 3. The molecule has 5 rings (SSSR count). The quantitative estimate of drug-likeness (QED) is 0.445. The predicted molar refractivity (Wildman–Crippen MR) is 117 cm³/mol. The van der Waals surface area contributed by atoms with Crippen LogP contribution in [0.25, 0.3) is 0 Å². The normalized spacial score (nSPS) is 51.7. The molecule has 4 saturated heterocycles. The summed E-state index contributed by atoms with van der Waals surface area (Å²) in [6.07, 6.45) is 3.57. The first-order chi connectivity index (χ1) is 14.9. The van der Waals surface area contributed by atoms with Crippen molar-refractivity contribution in [2.75, 3.05) is 26.7 Å². The Bertz CT molecular complexity index is 668. The molecule has 10 unspecified atom stereocenters. The van der Waals surface area contributed by atoms with Crippen LogP contribution in [0.3, 0.4) is 0 Å². The van der Waals surface area contributed by atoms with Gasteiger partial charge in [-0.1, -0.05) is 0 Å². The van der Waals surface area contributed by atoms with Gasteiger partial charge in [0.05, 0.1) is 24.4 Å². The monoisotopic (exact) mass is 437 g/mol. The van der Waals surface area contributed by atoms with Gasteiger partial charge in [0.15, 0.2) is 5.78 Å². The average Bonchev–Trinajstić information content (AvgIpc) is 3.15. The number of hydrogen-bond donors (Lipinski definition) is 4. The lowest BCUT2D eigenvalue weighted by molar-refractivity contribution is -0.134. The van der Waals surface area contributed by atoms with Crippen molar-refractivity contribution in [1.29, 1.82) is 0 Å². The van der Waals surface area contributed by atoms with Crippen LogP contribution >= 0.6 is 0 Å². The second-order valence-corrected chi connectivity index (χ2v) is 10.8. The summed E-state index contributed by atoms with van der Waals surface area (Å²) in [4.78, 5) is 14.0. The van der Waals surface area contributed by atoms with Gasteiger partial charge in [-0.2, -0.15) is 0 Å². The highest BCUT2D eigenvalue weighted by Gasteiger charge is 2.50. The van der Waals surface area contributed by atoms with Gasteiger partial charge in [-0.05, 0) is 76.3 Å². The Kier molecular flexibility index (Phi) is 6.40. The number of carbonyl (C=O) groups is 1. The number of rotatable bonds is 0. The van der Waals surface area contributed by atoms with Gasteiger partial charge < -0.3 is 15.8 Å². The molecule has 7 nitrogen and oxygen atoms in total. The van der Waals surface area contributed by atoms with Gasteiger partial charge in [0, 0.05) is 31.5 Å². The van der Waals surface area contributed by atoms with Gasteiger partial charge in [0.25, 0.3) is 0 Å². The van der Waals surface area contributed by atoms with Crippen LogP contribution in [0.4, 0.5) is 4.39 Å². The molecule has 0 spiro atoms. The van der Waals surface area contributed by atoms with Crippen LogP contribution in [-0.4, -0.2) is 74.1 Å². The molecular formula is C23H40FN5O2. The topological polar surface area (TPSA) is 91.7 Å². The minimum atomic E-state index is -0.779. The molecule has 0 amide bonds. The number of hydrazine groups is 1. The van der Waals surface area contributed by atoms with Crippen molar-refractivity contribution in [3.05, 3.63) is 0 Å². The number of ketones is 1. The highest BCUT2D eigenvalue weighted by Crippen LogP contribution is 2.43. The molecule has 8 heteroatoms. The van der Waals surface area contributed by atoms with E-state index in [1.807, 2.05) is 7.05 Å². The SMILES string of the molecule is CC1OC2C[C@@H](CNC2N)C2CN(C)NC2C(=O)C2CCCNC2C2CCC(F)CC12. The Hall–Kier alpha value is -0.640. The van der Waals surface area contributed by atoms with Gasteiger partial charge in [-0.25, -0.2) is 14.8 Å². The molecular weight excluding hydrogens is 397 g/mol. The minimum Gasteiger partial charge on any atom is -0.372 e. The predicted octanol–water partition coefficient (Wildman–Crippen LogP) is 0.795. The lowest BCUT2D eigenvalue weighted by Gasteiger charge is -2.48. The second kappa shape index (κ2) is 8.95. The van der Waals surface area contributed by atoms with Gasteiger partial charge in [0.1, 0.15) is 6.17 Å². The van der Waals surface area contributed by atoms with Crippen LogP contribution in [0.2, 0.25) is 0 Å². The van der Waals surface area contributed by atoms with E-state index in [0.29, 0.717) is 24.5 Å². The number of Topliss-reactive ketones (excluding diaryl/α,β-unsaturated/α-hetero) is 1. The van der Waals surface area contributed by atoms with E-state index < -0.39 is 6.17 Å². The first kappa shape index (κ1) is 22.2. The van der Waals surface area contributed by atoms with E-state index in [-0.39, 0.29) is 54.1 Å². The van der Waals surface area contributed by atoms with Crippen molar-refractivity contribution in [1.82, 2.24) is 21.1 Å². The zero-order valence-corrected chi connectivity index (χ0v) is 18.9. The lowest BCUT2D eigenvalue weighted by atomic mass is 9.65.